The highest BCUT2D eigenvalue weighted by molar-refractivity contribution is 5.91. The first kappa shape index (κ1) is 12.7. The van der Waals surface area contributed by atoms with Gasteiger partial charge in [0.2, 0.25) is 0 Å². The molecule has 98 valence electrons. The number of nitrogens with zero attached hydrogens (tertiary/aromatic N) is 1. The largest absolute Gasteiger partial charge is 0.497 e. The molecule has 1 fully saturated rings. The van der Waals surface area contributed by atoms with Gasteiger partial charge in [-0.15, -0.1) is 0 Å². The number of rotatable bonds is 3. The smallest absolute Gasteiger partial charge is 0.321 e. The third kappa shape index (κ3) is 2.94. The molecule has 1 aliphatic rings. The summed E-state index contributed by atoms with van der Waals surface area (Å²) in [6, 6.07) is 7.79. The van der Waals surface area contributed by atoms with Gasteiger partial charge in [0.25, 0.3) is 0 Å². The minimum atomic E-state index is -0.0351. The molecule has 0 saturated heterocycles. The molecule has 0 radical (unpaired) electrons. The molecule has 0 heterocycles. The van der Waals surface area contributed by atoms with Crippen LogP contribution in [0, 0.1) is 0 Å². The summed E-state index contributed by atoms with van der Waals surface area (Å²) in [5.74, 6) is 0.795. The average molecular weight is 248 g/mol. The molecule has 2 amide bonds. The number of anilines is 1. The molecule has 1 aromatic carbocycles. The fraction of sp³-hybridized carbons (Fsp3) is 0.500. The second-order valence-electron chi connectivity index (χ2n) is 4.69. The van der Waals surface area contributed by atoms with E-state index in [0.717, 1.165) is 24.3 Å². The van der Waals surface area contributed by atoms with Gasteiger partial charge in [0, 0.05) is 18.8 Å². The lowest BCUT2D eigenvalue weighted by molar-refractivity contribution is 0.244. The van der Waals surface area contributed by atoms with Crippen LogP contribution < -0.4 is 15.0 Å². The van der Waals surface area contributed by atoms with Crippen molar-refractivity contribution in [2.24, 2.45) is 0 Å². The fourth-order valence-electron chi connectivity index (χ4n) is 2.26. The Bertz CT molecular complexity index is 397. The monoisotopic (exact) mass is 248 g/mol. The fourth-order valence-corrected chi connectivity index (χ4v) is 2.26. The maximum atomic E-state index is 12.0. The van der Waals surface area contributed by atoms with Gasteiger partial charge in [-0.25, -0.2) is 4.79 Å². The Morgan fingerprint density at radius 3 is 2.44 bits per heavy atom. The second-order valence-corrected chi connectivity index (χ2v) is 4.69. The van der Waals surface area contributed by atoms with Gasteiger partial charge in [0.1, 0.15) is 5.75 Å². The first-order chi connectivity index (χ1) is 8.70. The molecule has 0 aromatic heterocycles. The Hall–Kier alpha value is -1.71. The van der Waals surface area contributed by atoms with Crippen molar-refractivity contribution in [1.82, 2.24) is 5.32 Å². The molecule has 18 heavy (non-hydrogen) atoms. The van der Waals surface area contributed by atoms with E-state index in [0.29, 0.717) is 6.04 Å². The zero-order valence-corrected chi connectivity index (χ0v) is 11.0. The van der Waals surface area contributed by atoms with Gasteiger partial charge >= 0.3 is 6.03 Å². The predicted octanol–water partition coefficient (Wildman–Crippen LogP) is 2.78. The maximum absolute atomic E-state index is 12.0. The Morgan fingerprint density at radius 2 is 1.89 bits per heavy atom. The van der Waals surface area contributed by atoms with Crippen molar-refractivity contribution in [3.8, 4) is 5.75 Å². The normalized spacial score (nSPS) is 15.4. The van der Waals surface area contributed by atoms with E-state index in [4.69, 9.17) is 4.74 Å². The lowest BCUT2D eigenvalue weighted by Crippen LogP contribution is -2.42. The number of methoxy groups -OCH3 is 1. The van der Waals surface area contributed by atoms with Crippen molar-refractivity contribution in [2.45, 2.75) is 31.7 Å². The van der Waals surface area contributed by atoms with Crippen LogP contribution >= 0.6 is 0 Å². The van der Waals surface area contributed by atoms with E-state index < -0.39 is 0 Å². The summed E-state index contributed by atoms with van der Waals surface area (Å²) >= 11 is 0. The highest BCUT2D eigenvalue weighted by atomic mass is 16.5. The number of urea groups is 1. The lowest BCUT2D eigenvalue weighted by atomic mass is 10.2. The first-order valence-corrected chi connectivity index (χ1v) is 6.39. The van der Waals surface area contributed by atoms with Crippen LogP contribution in [0.25, 0.3) is 0 Å². The predicted molar refractivity (Wildman–Crippen MR) is 72.2 cm³/mol. The maximum Gasteiger partial charge on any atom is 0.321 e. The number of amides is 2. The lowest BCUT2D eigenvalue weighted by Gasteiger charge is -2.21. The van der Waals surface area contributed by atoms with Gasteiger partial charge in [0.15, 0.2) is 0 Å². The number of hydrogen-bond acceptors (Lipinski definition) is 2. The third-order valence-corrected chi connectivity index (χ3v) is 3.45. The number of ether oxygens (including phenoxy) is 1. The number of carbonyl (C=O) groups excluding carboxylic acids is 1. The summed E-state index contributed by atoms with van der Waals surface area (Å²) in [5, 5.41) is 3.06. The van der Waals surface area contributed by atoms with Crippen molar-refractivity contribution in [3.05, 3.63) is 24.3 Å². The molecular weight excluding hydrogens is 228 g/mol. The van der Waals surface area contributed by atoms with Crippen molar-refractivity contribution in [3.63, 3.8) is 0 Å². The van der Waals surface area contributed by atoms with E-state index in [1.807, 2.05) is 24.3 Å². The van der Waals surface area contributed by atoms with E-state index in [1.165, 1.54) is 12.8 Å². The summed E-state index contributed by atoms with van der Waals surface area (Å²) in [6.07, 6.45) is 4.64. The molecule has 1 aliphatic carbocycles. The van der Waals surface area contributed by atoms with Crippen LogP contribution in [0.3, 0.4) is 0 Å². The van der Waals surface area contributed by atoms with E-state index in [-0.39, 0.29) is 6.03 Å². The zero-order valence-electron chi connectivity index (χ0n) is 11.0. The minimum Gasteiger partial charge on any atom is -0.497 e. The molecule has 1 saturated carbocycles. The number of carbonyl (C=O) groups is 1. The summed E-state index contributed by atoms with van der Waals surface area (Å²) < 4.78 is 5.10. The topological polar surface area (TPSA) is 41.6 Å². The second kappa shape index (κ2) is 5.76. The molecular formula is C14H20N2O2. The molecule has 1 aromatic rings. The Balaban J connectivity index is 1.95. The van der Waals surface area contributed by atoms with Crippen molar-refractivity contribution >= 4 is 11.7 Å². The molecule has 0 aliphatic heterocycles. The van der Waals surface area contributed by atoms with E-state index in [1.54, 1.807) is 19.1 Å². The van der Waals surface area contributed by atoms with Crippen LogP contribution in [-0.4, -0.2) is 26.2 Å². The van der Waals surface area contributed by atoms with Gasteiger partial charge in [-0.1, -0.05) is 12.8 Å². The number of benzene rings is 1. The summed E-state index contributed by atoms with van der Waals surface area (Å²) in [7, 11) is 3.41. The highest BCUT2D eigenvalue weighted by Crippen LogP contribution is 2.20. The summed E-state index contributed by atoms with van der Waals surface area (Å²) in [6.45, 7) is 0. The number of nitrogens with one attached hydrogen (secondary N) is 1. The average Bonchev–Trinajstić information content (AvgIpc) is 2.91. The zero-order chi connectivity index (χ0) is 13.0. The third-order valence-electron chi connectivity index (χ3n) is 3.45. The molecule has 0 unspecified atom stereocenters. The van der Waals surface area contributed by atoms with Gasteiger partial charge in [0.05, 0.1) is 7.11 Å². The minimum absolute atomic E-state index is 0.0351. The van der Waals surface area contributed by atoms with E-state index in [2.05, 4.69) is 5.32 Å². The first-order valence-electron chi connectivity index (χ1n) is 6.39. The van der Waals surface area contributed by atoms with Gasteiger partial charge in [-0.2, -0.15) is 0 Å². The summed E-state index contributed by atoms with van der Waals surface area (Å²) in [5.41, 5.74) is 0.867. The van der Waals surface area contributed by atoms with Gasteiger partial charge < -0.3 is 10.1 Å². The van der Waals surface area contributed by atoms with Gasteiger partial charge in [-0.3, -0.25) is 4.90 Å². The Morgan fingerprint density at radius 1 is 1.28 bits per heavy atom. The van der Waals surface area contributed by atoms with Gasteiger partial charge in [-0.05, 0) is 37.1 Å². The van der Waals surface area contributed by atoms with Crippen LogP contribution in [0.2, 0.25) is 0 Å². The molecule has 0 spiro atoms. The number of hydrogen-bond donors (Lipinski definition) is 1. The highest BCUT2D eigenvalue weighted by Gasteiger charge is 2.19. The van der Waals surface area contributed by atoms with Crippen molar-refractivity contribution in [1.29, 1.82) is 0 Å². The molecule has 2 rings (SSSR count). The Labute approximate surface area is 108 Å². The molecule has 4 nitrogen and oxygen atoms in total. The van der Waals surface area contributed by atoms with Crippen molar-refractivity contribution < 1.29 is 9.53 Å². The van der Waals surface area contributed by atoms with E-state index in [9.17, 15) is 4.79 Å². The van der Waals surface area contributed by atoms with E-state index >= 15 is 0 Å². The van der Waals surface area contributed by atoms with Crippen molar-refractivity contribution in [2.75, 3.05) is 19.1 Å². The Kier molecular flexibility index (Phi) is 4.07. The SMILES string of the molecule is COc1ccc(N(C)C(=O)NC2CCCC2)cc1. The standard InChI is InChI=1S/C14H20N2O2/c1-16(12-7-9-13(18-2)10-8-12)14(17)15-11-5-3-4-6-11/h7-11H,3-6H2,1-2H3,(H,15,17). The molecule has 1 N–H and O–H groups in total. The molecule has 0 bridgehead atoms. The quantitative estimate of drug-likeness (QED) is 0.893. The van der Waals surface area contributed by atoms with Crippen LogP contribution in [0.5, 0.6) is 5.75 Å². The van der Waals surface area contributed by atoms with Crippen LogP contribution in [0.15, 0.2) is 24.3 Å². The van der Waals surface area contributed by atoms with Crippen LogP contribution in [0.1, 0.15) is 25.7 Å². The molecule has 4 heteroatoms. The van der Waals surface area contributed by atoms with Crippen LogP contribution in [-0.2, 0) is 0 Å². The van der Waals surface area contributed by atoms with Crippen LogP contribution in [0.4, 0.5) is 10.5 Å². The summed E-state index contributed by atoms with van der Waals surface area (Å²) in [4.78, 5) is 13.7. The molecule has 0 atom stereocenters.